The van der Waals surface area contributed by atoms with Gasteiger partial charge < -0.3 is 10.2 Å². The van der Waals surface area contributed by atoms with Crippen LogP contribution in [0.15, 0.2) is 36.7 Å². The van der Waals surface area contributed by atoms with Crippen molar-refractivity contribution in [1.82, 2.24) is 15.2 Å². The van der Waals surface area contributed by atoms with Gasteiger partial charge in [0.05, 0.1) is 17.5 Å². The van der Waals surface area contributed by atoms with E-state index in [-0.39, 0.29) is 24.4 Å². The monoisotopic (exact) mass is 357 g/mol. The molecule has 2 aromatic rings. The number of aryl methyl sites for hydroxylation is 1. The van der Waals surface area contributed by atoms with Gasteiger partial charge in [0.15, 0.2) is 0 Å². The fourth-order valence-corrected chi connectivity index (χ4v) is 4.02. The lowest BCUT2D eigenvalue weighted by Crippen LogP contribution is -2.42. The molecule has 0 aliphatic carbocycles. The highest BCUT2D eigenvalue weighted by Crippen LogP contribution is 2.29. The molecule has 0 aromatic carbocycles. The van der Waals surface area contributed by atoms with Crippen LogP contribution >= 0.6 is 11.3 Å². The van der Waals surface area contributed by atoms with Crippen LogP contribution in [0.3, 0.4) is 0 Å². The zero-order valence-corrected chi connectivity index (χ0v) is 15.2. The Hall–Kier alpha value is -2.21. The molecule has 0 radical (unpaired) electrons. The number of rotatable bonds is 4. The number of likely N-dealkylation sites (tertiary alicyclic amines) is 1. The molecule has 3 rings (SSSR count). The first kappa shape index (κ1) is 17.6. The minimum atomic E-state index is -0.179. The highest BCUT2D eigenvalue weighted by Gasteiger charge is 2.26. The van der Waals surface area contributed by atoms with Crippen molar-refractivity contribution < 1.29 is 9.59 Å². The summed E-state index contributed by atoms with van der Waals surface area (Å²) in [4.78, 5) is 32.7. The summed E-state index contributed by atoms with van der Waals surface area (Å²) in [5, 5.41) is 2.77. The predicted octanol–water partition coefficient (Wildman–Crippen LogP) is 3.33. The Morgan fingerprint density at radius 1 is 1.20 bits per heavy atom. The van der Waals surface area contributed by atoms with Crippen LogP contribution in [0.5, 0.6) is 0 Å². The van der Waals surface area contributed by atoms with Crippen molar-refractivity contribution in [3.63, 3.8) is 0 Å². The normalized spacial score (nSPS) is 17.8. The van der Waals surface area contributed by atoms with E-state index in [0.29, 0.717) is 4.88 Å². The lowest BCUT2D eigenvalue weighted by atomic mass is 10.0. The molecule has 0 bridgehead atoms. The molecule has 1 N–H and O–H groups in total. The van der Waals surface area contributed by atoms with Gasteiger partial charge in [0, 0.05) is 23.8 Å². The van der Waals surface area contributed by atoms with Gasteiger partial charge in [-0.1, -0.05) is 12.8 Å². The zero-order chi connectivity index (χ0) is 17.6. The van der Waals surface area contributed by atoms with Crippen LogP contribution < -0.4 is 5.32 Å². The summed E-state index contributed by atoms with van der Waals surface area (Å²) >= 11 is 1.44. The number of aromatic nitrogens is 1. The summed E-state index contributed by atoms with van der Waals surface area (Å²) in [6.07, 6.45) is 7.73. The van der Waals surface area contributed by atoms with Gasteiger partial charge in [-0.15, -0.1) is 11.3 Å². The maximum absolute atomic E-state index is 12.8. The van der Waals surface area contributed by atoms with Gasteiger partial charge in [0.1, 0.15) is 0 Å². The Morgan fingerprint density at radius 2 is 2.00 bits per heavy atom. The van der Waals surface area contributed by atoms with Gasteiger partial charge in [-0.3, -0.25) is 14.6 Å². The summed E-state index contributed by atoms with van der Waals surface area (Å²) in [5.74, 6) is -0.202. The molecule has 25 heavy (non-hydrogen) atoms. The Bertz CT molecular complexity index is 729. The van der Waals surface area contributed by atoms with E-state index in [0.717, 1.165) is 42.7 Å². The molecular weight excluding hydrogens is 334 g/mol. The van der Waals surface area contributed by atoms with Crippen LogP contribution in [0.25, 0.3) is 0 Å². The molecular formula is C19H23N3O2S. The molecule has 1 atom stereocenters. The highest BCUT2D eigenvalue weighted by atomic mass is 32.1. The number of hydrogen-bond donors (Lipinski definition) is 1. The number of pyridine rings is 1. The molecule has 0 spiro atoms. The Labute approximate surface area is 152 Å². The number of nitrogens with zero attached hydrogens (tertiary/aromatic N) is 2. The molecule has 1 saturated heterocycles. The van der Waals surface area contributed by atoms with Crippen molar-refractivity contribution in [2.24, 2.45) is 0 Å². The van der Waals surface area contributed by atoms with Gasteiger partial charge in [0.2, 0.25) is 5.91 Å². The SMILES string of the molecule is Cc1ccc(C(=O)NCC(=O)N2CCCCC[C@H]2c2ccncc2)s1. The summed E-state index contributed by atoms with van der Waals surface area (Å²) < 4.78 is 0. The molecule has 2 amide bonds. The smallest absolute Gasteiger partial charge is 0.261 e. The number of hydrogen-bond acceptors (Lipinski definition) is 4. The van der Waals surface area contributed by atoms with Gasteiger partial charge >= 0.3 is 0 Å². The van der Waals surface area contributed by atoms with E-state index in [1.54, 1.807) is 18.5 Å². The van der Waals surface area contributed by atoms with Gasteiger partial charge in [-0.25, -0.2) is 0 Å². The lowest BCUT2D eigenvalue weighted by molar-refractivity contribution is -0.132. The summed E-state index contributed by atoms with van der Waals surface area (Å²) in [5.41, 5.74) is 1.12. The molecule has 2 aromatic heterocycles. The van der Waals surface area contributed by atoms with E-state index < -0.39 is 0 Å². The van der Waals surface area contributed by atoms with Crippen molar-refractivity contribution in [3.8, 4) is 0 Å². The Balaban J connectivity index is 1.66. The fourth-order valence-electron chi connectivity index (χ4n) is 3.24. The zero-order valence-electron chi connectivity index (χ0n) is 14.4. The average Bonchev–Trinajstić information content (AvgIpc) is 2.92. The van der Waals surface area contributed by atoms with Gasteiger partial charge in [0.25, 0.3) is 5.91 Å². The Morgan fingerprint density at radius 3 is 2.72 bits per heavy atom. The quantitative estimate of drug-likeness (QED) is 0.913. The van der Waals surface area contributed by atoms with Crippen LogP contribution in [0, 0.1) is 6.92 Å². The van der Waals surface area contributed by atoms with Crippen LogP contribution in [0.1, 0.15) is 51.8 Å². The molecule has 0 unspecified atom stereocenters. The van der Waals surface area contributed by atoms with E-state index in [9.17, 15) is 9.59 Å². The maximum atomic E-state index is 12.8. The number of carbonyl (C=O) groups is 2. The molecule has 5 nitrogen and oxygen atoms in total. The van der Waals surface area contributed by atoms with E-state index in [1.165, 1.54) is 11.3 Å². The second-order valence-corrected chi connectivity index (χ2v) is 7.61. The third-order valence-corrected chi connectivity index (χ3v) is 5.53. The first-order valence-corrected chi connectivity index (χ1v) is 9.51. The Kier molecular flexibility index (Phi) is 5.81. The third-order valence-electron chi connectivity index (χ3n) is 4.53. The van der Waals surface area contributed by atoms with Crippen molar-refractivity contribution in [3.05, 3.63) is 52.0 Å². The van der Waals surface area contributed by atoms with Crippen LogP contribution in [-0.2, 0) is 4.79 Å². The highest BCUT2D eigenvalue weighted by molar-refractivity contribution is 7.13. The first-order valence-electron chi connectivity index (χ1n) is 8.69. The number of carbonyl (C=O) groups excluding carboxylic acids is 2. The average molecular weight is 357 g/mol. The molecule has 6 heteroatoms. The molecule has 132 valence electrons. The molecule has 3 heterocycles. The third kappa shape index (κ3) is 4.45. The maximum Gasteiger partial charge on any atom is 0.261 e. The van der Waals surface area contributed by atoms with Gasteiger partial charge in [-0.05, 0) is 49.6 Å². The van der Waals surface area contributed by atoms with Crippen molar-refractivity contribution in [1.29, 1.82) is 0 Å². The molecule has 1 fully saturated rings. The van der Waals surface area contributed by atoms with E-state index in [2.05, 4.69) is 10.3 Å². The summed E-state index contributed by atoms with van der Waals surface area (Å²) in [6, 6.07) is 7.73. The largest absolute Gasteiger partial charge is 0.342 e. The van der Waals surface area contributed by atoms with Crippen LogP contribution in [0.2, 0.25) is 0 Å². The molecule has 0 saturated carbocycles. The van der Waals surface area contributed by atoms with Crippen LogP contribution in [-0.4, -0.2) is 34.8 Å². The van der Waals surface area contributed by atoms with Crippen LogP contribution in [0.4, 0.5) is 0 Å². The van der Waals surface area contributed by atoms with E-state index in [4.69, 9.17) is 0 Å². The van der Waals surface area contributed by atoms with Crippen molar-refractivity contribution >= 4 is 23.2 Å². The van der Waals surface area contributed by atoms with E-state index in [1.807, 2.05) is 30.0 Å². The number of amides is 2. The van der Waals surface area contributed by atoms with Gasteiger partial charge in [-0.2, -0.15) is 0 Å². The predicted molar refractivity (Wildman–Crippen MR) is 98.5 cm³/mol. The topological polar surface area (TPSA) is 62.3 Å². The summed E-state index contributed by atoms with van der Waals surface area (Å²) in [7, 11) is 0. The minimum Gasteiger partial charge on any atom is -0.342 e. The van der Waals surface area contributed by atoms with Crippen molar-refractivity contribution in [2.75, 3.05) is 13.1 Å². The molecule has 1 aliphatic heterocycles. The number of thiophene rings is 1. The van der Waals surface area contributed by atoms with Crippen molar-refractivity contribution in [2.45, 2.75) is 38.6 Å². The second kappa shape index (κ2) is 8.25. The minimum absolute atomic E-state index is 0.0228. The fraction of sp³-hybridized carbons (Fsp3) is 0.421. The first-order chi connectivity index (χ1) is 12.1. The number of nitrogens with one attached hydrogen (secondary N) is 1. The standard InChI is InChI=1S/C19H23N3O2S/c1-14-6-7-17(25-14)19(24)21-13-18(23)22-12-4-2-3-5-16(22)15-8-10-20-11-9-15/h6-11,16H,2-5,12-13H2,1H3,(H,21,24)/t16-/m0/s1. The lowest BCUT2D eigenvalue weighted by Gasteiger charge is -2.30. The second-order valence-electron chi connectivity index (χ2n) is 6.33. The molecule has 1 aliphatic rings. The summed E-state index contributed by atoms with van der Waals surface area (Å²) in [6.45, 7) is 2.74. The van der Waals surface area contributed by atoms with E-state index >= 15 is 0 Å².